The molecule has 0 aliphatic carbocycles. The molecule has 1 unspecified atom stereocenters. The molecule has 1 atom stereocenters. The third-order valence-corrected chi connectivity index (χ3v) is 2.97. The van der Waals surface area contributed by atoms with Crippen molar-refractivity contribution in [3.05, 3.63) is 29.8 Å². The van der Waals surface area contributed by atoms with Gasteiger partial charge in [-0.15, -0.1) is 0 Å². The summed E-state index contributed by atoms with van der Waals surface area (Å²) in [6, 6.07) is 4.92. The number of nitrogens with one attached hydrogen (secondary N) is 2. The van der Waals surface area contributed by atoms with E-state index in [0.29, 0.717) is 11.3 Å². The lowest BCUT2D eigenvalue weighted by atomic mass is 10.1. The maximum absolute atomic E-state index is 11.9. The molecule has 1 aromatic carbocycles. The fourth-order valence-electron chi connectivity index (χ4n) is 1.74. The molecular formula is C15H20N2O5. The Hall–Kier alpha value is -2.57. The van der Waals surface area contributed by atoms with Crippen molar-refractivity contribution in [2.45, 2.75) is 19.9 Å². The Labute approximate surface area is 129 Å². The summed E-state index contributed by atoms with van der Waals surface area (Å²) >= 11 is 0. The zero-order chi connectivity index (χ0) is 16.7. The lowest BCUT2D eigenvalue weighted by molar-refractivity contribution is -0.143. The van der Waals surface area contributed by atoms with Crippen LogP contribution in [0.3, 0.4) is 0 Å². The molecule has 0 spiro atoms. The van der Waals surface area contributed by atoms with Crippen LogP contribution in [0.15, 0.2) is 24.3 Å². The van der Waals surface area contributed by atoms with Gasteiger partial charge >= 0.3 is 18.0 Å². The van der Waals surface area contributed by atoms with Gasteiger partial charge in [0.25, 0.3) is 0 Å². The van der Waals surface area contributed by atoms with Gasteiger partial charge in [0, 0.05) is 5.69 Å². The minimum Gasteiger partial charge on any atom is -0.467 e. The first-order valence-corrected chi connectivity index (χ1v) is 6.72. The Balaban J connectivity index is 2.68. The highest BCUT2D eigenvalue weighted by atomic mass is 16.5. The molecular weight excluding hydrogens is 288 g/mol. The van der Waals surface area contributed by atoms with Crippen molar-refractivity contribution >= 4 is 23.7 Å². The van der Waals surface area contributed by atoms with E-state index >= 15 is 0 Å². The highest BCUT2D eigenvalue weighted by molar-refractivity contribution is 5.94. The standard InChI is InChI=1S/C15H20N2O5/c1-9(2)12(14(19)22-4)17-15(20)16-11-7-5-10(6-8-11)13(18)21-3/h5-9,12H,1-4H3,(H2,16,17,20). The van der Waals surface area contributed by atoms with E-state index in [4.69, 9.17) is 0 Å². The summed E-state index contributed by atoms with van der Waals surface area (Å²) in [4.78, 5) is 34.8. The van der Waals surface area contributed by atoms with Crippen LogP contribution in [0.25, 0.3) is 0 Å². The molecule has 7 heteroatoms. The number of benzene rings is 1. The smallest absolute Gasteiger partial charge is 0.337 e. The first-order chi connectivity index (χ1) is 10.4. The summed E-state index contributed by atoms with van der Waals surface area (Å²) < 4.78 is 9.23. The molecule has 1 aromatic rings. The molecule has 0 aromatic heterocycles. The van der Waals surface area contributed by atoms with Crippen LogP contribution in [0, 0.1) is 5.92 Å². The predicted octanol–water partition coefficient (Wildman–Crippen LogP) is 1.79. The van der Waals surface area contributed by atoms with E-state index in [-0.39, 0.29) is 5.92 Å². The Morgan fingerprint density at radius 1 is 1.00 bits per heavy atom. The van der Waals surface area contributed by atoms with Crippen molar-refractivity contribution in [2.24, 2.45) is 5.92 Å². The van der Waals surface area contributed by atoms with Crippen molar-refractivity contribution in [3.8, 4) is 0 Å². The zero-order valence-electron chi connectivity index (χ0n) is 13.0. The van der Waals surface area contributed by atoms with Gasteiger partial charge in [0.05, 0.1) is 19.8 Å². The second-order valence-corrected chi connectivity index (χ2v) is 4.91. The molecule has 2 amide bonds. The molecule has 7 nitrogen and oxygen atoms in total. The van der Waals surface area contributed by atoms with Crippen LogP contribution in [0.2, 0.25) is 0 Å². The fourth-order valence-corrected chi connectivity index (χ4v) is 1.74. The third-order valence-electron chi connectivity index (χ3n) is 2.97. The van der Waals surface area contributed by atoms with Gasteiger partial charge in [-0.1, -0.05) is 13.8 Å². The fraction of sp³-hybridized carbons (Fsp3) is 0.400. The van der Waals surface area contributed by atoms with Crippen molar-refractivity contribution in [1.82, 2.24) is 5.32 Å². The minimum absolute atomic E-state index is 0.111. The average Bonchev–Trinajstić information content (AvgIpc) is 2.51. The first kappa shape index (κ1) is 17.5. The van der Waals surface area contributed by atoms with E-state index in [0.717, 1.165) is 0 Å². The van der Waals surface area contributed by atoms with E-state index in [9.17, 15) is 14.4 Å². The van der Waals surface area contributed by atoms with Crippen LogP contribution in [-0.4, -0.2) is 38.2 Å². The van der Waals surface area contributed by atoms with E-state index in [2.05, 4.69) is 20.1 Å². The summed E-state index contributed by atoms with van der Waals surface area (Å²) in [5.74, 6) is -1.08. The first-order valence-electron chi connectivity index (χ1n) is 6.72. The number of hydrogen-bond acceptors (Lipinski definition) is 5. The monoisotopic (exact) mass is 308 g/mol. The van der Waals surface area contributed by atoms with Crippen LogP contribution >= 0.6 is 0 Å². The maximum atomic E-state index is 11.9. The second-order valence-electron chi connectivity index (χ2n) is 4.91. The van der Waals surface area contributed by atoms with Gasteiger partial charge in [0.1, 0.15) is 6.04 Å². The molecule has 0 saturated carbocycles. The predicted molar refractivity (Wildman–Crippen MR) is 80.6 cm³/mol. The van der Waals surface area contributed by atoms with Crippen molar-refractivity contribution in [2.75, 3.05) is 19.5 Å². The topological polar surface area (TPSA) is 93.7 Å². The summed E-state index contributed by atoms with van der Waals surface area (Å²) in [6.07, 6.45) is 0. The average molecular weight is 308 g/mol. The molecule has 22 heavy (non-hydrogen) atoms. The number of carbonyl (C=O) groups is 3. The van der Waals surface area contributed by atoms with E-state index < -0.39 is 24.0 Å². The van der Waals surface area contributed by atoms with E-state index in [1.54, 1.807) is 26.0 Å². The van der Waals surface area contributed by atoms with Gasteiger partial charge in [0.15, 0.2) is 0 Å². The molecule has 0 aliphatic heterocycles. The molecule has 120 valence electrons. The maximum Gasteiger partial charge on any atom is 0.337 e. The molecule has 1 rings (SSSR count). The lowest BCUT2D eigenvalue weighted by Gasteiger charge is -2.20. The highest BCUT2D eigenvalue weighted by Crippen LogP contribution is 2.11. The van der Waals surface area contributed by atoms with Gasteiger partial charge in [-0.25, -0.2) is 14.4 Å². The zero-order valence-corrected chi connectivity index (χ0v) is 13.0. The summed E-state index contributed by atoms with van der Waals surface area (Å²) in [7, 11) is 2.56. The van der Waals surface area contributed by atoms with Gasteiger partial charge in [-0.2, -0.15) is 0 Å². The molecule has 0 heterocycles. The molecule has 2 N–H and O–H groups in total. The van der Waals surface area contributed by atoms with Crippen LogP contribution in [0.1, 0.15) is 24.2 Å². The Bertz CT molecular complexity index is 539. The molecule has 0 bridgehead atoms. The normalized spacial score (nSPS) is 11.5. The van der Waals surface area contributed by atoms with Gasteiger partial charge in [-0.05, 0) is 30.2 Å². The summed E-state index contributed by atoms with van der Waals surface area (Å²) in [6.45, 7) is 3.60. The second kappa shape index (κ2) is 8.02. The molecule has 0 fully saturated rings. The number of urea groups is 1. The Morgan fingerprint density at radius 3 is 2.05 bits per heavy atom. The third kappa shape index (κ3) is 4.76. The van der Waals surface area contributed by atoms with Crippen LogP contribution in [0.4, 0.5) is 10.5 Å². The molecule has 0 aliphatic rings. The molecule has 0 saturated heterocycles. The van der Waals surface area contributed by atoms with Crippen LogP contribution < -0.4 is 10.6 Å². The van der Waals surface area contributed by atoms with E-state index in [1.807, 2.05) is 0 Å². The Kier molecular flexibility index (Phi) is 6.37. The summed E-state index contributed by atoms with van der Waals surface area (Å²) in [5.41, 5.74) is 0.862. The number of methoxy groups -OCH3 is 2. The van der Waals surface area contributed by atoms with E-state index in [1.165, 1.54) is 26.4 Å². The van der Waals surface area contributed by atoms with Crippen molar-refractivity contribution in [3.63, 3.8) is 0 Å². The quantitative estimate of drug-likeness (QED) is 0.809. The number of anilines is 1. The molecule has 0 radical (unpaired) electrons. The van der Waals surface area contributed by atoms with Gasteiger partial charge < -0.3 is 20.1 Å². The lowest BCUT2D eigenvalue weighted by Crippen LogP contribution is -2.46. The van der Waals surface area contributed by atoms with Crippen LogP contribution in [0.5, 0.6) is 0 Å². The van der Waals surface area contributed by atoms with Gasteiger partial charge in [-0.3, -0.25) is 0 Å². The van der Waals surface area contributed by atoms with Crippen molar-refractivity contribution < 1.29 is 23.9 Å². The highest BCUT2D eigenvalue weighted by Gasteiger charge is 2.24. The number of hydrogen-bond donors (Lipinski definition) is 2. The number of carbonyl (C=O) groups excluding carboxylic acids is 3. The summed E-state index contributed by atoms with van der Waals surface area (Å²) in [5, 5.41) is 5.13. The number of amides is 2. The van der Waals surface area contributed by atoms with Crippen LogP contribution in [-0.2, 0) is 14.3 Å². The number of rotatable bonds is 5. The number of ether oxygens (including phenoxy) is 2. The SMILES string of the molecule is COC(=O)c1ccc(NC(=O)NC(C(=O)OC)C(C)C)cc1. The van der Waals surface area contributed by atoms with Gasteiger partial charge in [0.2, 0.25) is 0 Å². The number of esters is 2. The minimum atomic E-state index is -0.737. The largest absolute Gasteiger partial charge is 0.467 e. The van der Waals surface area contributed by atoms with Crippen molar-refractivity contribution in [1.29, 1.82) is 0 Å². The Morgan fingerprint density at radius 2 is 1.59 bits per heavy atom.